The van der Waals surface area contributed by atoms with Crippen LogP contribution >= 0.6 is 0 Å². The van der Waals surface area contributed by atoms with Gasteiger partial charge in [-0.15, -0.1) is 0 Å². The molecule has 0 aliphatic carbocycles. The third-order valence-electron chi connectivity index (χ3n) is 4.06. The highest BCUT2D eigenvalue weighted by molar-refractivity contribution is 6.00. The lowest BCUT2D eigenvalue weighted by Crippen LogP contribution is -2.24. The molecule has 2 aromatic rings. The number of hydrogen-bond donors (Lipinski definition) is 0. The number of ether oxygens (including phenoxy) is 1. The molecule has 0 unspecified atom stereocenters. The summed E-state index contributed by atoms with van der Waals surface area (Å²) in [7, 11) is 0. The second-order valence-corrected chi connectivity index (χ2v) is 5.71. The summed E-state index contributed by atoms with van der Waals surface area (Å²) in [5.74, 6) is -0.713. The van der Waals surface area contributed by atoms with E-state index in [2.05, 4.69) is 4.98 Å². The number of aromatic nitrogens is 1. The third kappa shape index (κ3) is 3.56. The summed E-state index contributed by atoms with van der Waals surface area (Å²) < 4.78 is 19.9. The average molecular weight is 314 g/mol. The molecule has 5 heteroatoms. The number of carbonyl (C=O) groups is 1. The molecule has 2 heterocycles. The molecule has 3 rings (SSSR count). The van der Waals surface area contributed by atoms with Crippen LogP contribution in [-0.4, -0.2) is 30.0 Å². The van der Waals surface area contributed by atoms with Crippen LogP contribution in [0.15, 0.2) is 42.7 Å². The summed E-state index contributed by atoms with van der Waals surface area (Å²) in [6.45, 7) is 3.35. The van der Waals surface area contributed by atoms with Gasteiger partial charge in [0, 0.05) is 25.5 Å². The van der Waals surface area contributed by atoms with Crippen molar-refractivity contribution in [2.75, 3.05) is 18.0 Å². The van der Waals surface area contributed by atoms with Gasteiger partial charge in [-0.05, 0) is 43.2 Å². The van der Waals surface area contributed by atoms with Gasteiger partial charge in [-0.3, -0.25) is 9.78 Å². The number of halogens is 1. The normalized spacial score (nSPS) is 17.5. The summed E-state index contributed by atoms with van der Waals surface area (Å²) in [6.07, 6.45) is 4.42. The molecule has 1 aromatic heterocycles. The van der Waals surface area contributed by atoms with E-state index >= 15 is 0 Å². The van der Waals surface area contributed by atoms with Crippen LogP contribution in [0.1, 0.15) is 29.3 Å². The van der Waals surface area contributed by atoms with Gasteiger partial charge in [0.2, 0.25) is 0 Å². The highest BCUT2D eigenvalue weighted by Crippen LogP contribution is 2.28. The number of ketones is 1. The summed E-state index contributed by atoms with van der Waals surface area (Å²) in [4.78, 5) is 17.7. The predicted octanol–water partition coefficient (Wildman–Crippen LogP) is 3.22. The second kappa shape index (κ2) is 6.87. The van der Waals surface area contributed by atoms with Crippen molar-refractivity contribution < 1.29 is 13.9 Å². The molecule has 0 N–H and O–H groups in total. The molecular weight excluding hydrogens is 295 g/mol. The molecule has 0 saturated carbocycles. The van der Waals surface area contributed by atoms with Crippen molar-refractivity contribution in [3.05, 3.63) is 59.7 Å². The van der Waals surface area contributed by atoms with Gasteiger partial charge >= 0.3 is 0 Å². The molecule has 1 aromatic carbocycles. The second-order valence-electron chi connectivity index (χ2n) is 5.71. The van der Waals surface area contributed by atoms with Gasteiger partial charge < -0.3 is 9.64 Å². The van der Waals surface area contributed by atoms with E-state index in [1.165, 1.54) is 13.0 Å². The van der Waals surface area contributed by atoms with Crippen LogP contribution < -0.4 is 4.90 Å². The Labute approximate surface area is 134 Å². The first-order valence-electron chi connectivity index (χ1n) is 7.70. The van der Waals surface area contributed by atoms with Gasteiger partial charge in [-0.2, -0.15) is 0 Å². The fourth-order valence-electron chi connectivity index (χ4n) is 2.90. The molecule has 23 heavy (non-hydrogen) atoms. The van der Waals surface area contributed by atoms with Crippen molar-refractivity contribution >= 4 is 11.5 Å². The Bertz CT molecular complexity index is 691. The van der Waals surface area contributed by atoms with Gasteiger partial charge in [-0.1, -0.05) is 6.07 Å². The molecule has 0 amide bonds. The zero-order valence-electron chi connectivity index (χ0n) is 13.0. The Morgan fingerprint density at radius 1 is 1.35 bits per heavy atom. The molecule has 1 atom stereocenters. The van der Waals surface area contributed by atoms with Gasteiger partial charge in [0.15, 0.2) is 5.78 Å². The lowest BCUT2D eigenvalue weighted by molar-refractivity contribution is 0.0553. The molecule has 1 aliphatic rings. The molecule has 120 valence electrons. The summed E-state index contributed by atoms with van der Waals surface area (Å²) in [6, 6.07) is 8.61. The summed E-state index contributed by atoms with van der Waals surface area (Å²) in [5, 5.41) is 0. The first kappa shape index (κ1) is 15.6. The van der Waals surface area contributed by atoms with Crippen molar-refractivity contribution in [1.29, 1.82) is 0 Å². The topological polar surface area (TPSA) is 42.4 Å². The van der Waals surface area contributed by atoms with Crippen LogP contribution in [0.25, 0.3) is 0 Å². The predicted molar refractivity (Wildman–Crippen MR) is 86.0 cm³/mol. The van der Waals surface area contributed by atoms with E-state index in [-0.39, 0.29) is 17.5 Å². The standard InChI is InChI=1S/C18H19FN2O2/c1-13(22)18-16(19)3-2-4-17(18)21-10-7-15(11-21)23-12-14-5-8-20-9-6-14/h2-6,8-9,15H,7,10-12H2,1H3/t15-/m1/s1. The molecule has 0 bridgehead atoms. The van der Waals surface area contributed by atoms with Gasteiger partial charge in [-0.25, -0.2) is 4.39 Å². The Balaban J connectivity index is 1.66. The van der Waals surface area contributed by atoms with Crippen molar-refractivity contribution in [3.63, 3.8) is 0 Å². The third-order valence-corrected chi connectivity index (χ3v) is 4.06. The maximum absolute atomic E-state index is 13.9. The van der Waals surface area contributed by atoms with E-state index in [4.69, 9.17) is 4.74 Å². The highest BCUT2D eigenvalue weighted by atomic mass is 19.1. The molecule has 1 fully saturated rings. The number of anilines is 1. The lowest BCUT2D eigenvalue weighted by atomic mass is 10.1. The quantitative estimate of drug-likeness (QED) is 0.795. The first-order valence-corrected chi connectivity index (χ1v) is 7.70. The van der Waals surface area contributed by atoms with Gasteiger partial charge in [0.05, 0.1) is 24.0 Å². The van der Waals surface area contributed by atoms with Crippen molar-refractivity contribution in [3.8, 4) is 0 Å². The van der Waals surface area contributed by atoms with E-state index in [0.717, 1.165) is 18.5 Å². The van der Waals surface area contributed by atoms with Crippen molar-refractivity contribution in [2.45, 2.75) is 26.1 Å². The summed E-state index contributed by atoms with van der Waals surface area (Å²) in [5.41, 5.74) is 1.91. The minimum Gasteiger partial charge on any atom is -0.372 e. The highest BCUT2D eigenvalue weighted by Gasteiger charge is 2.26. The zero-order valence-corrected chi connectivity index (χ0v) is 13.0. The van der Waals surface area contributed by atoms with Crippen molar-refractivity contribution in [1.82, 2.24) is 4.98 Å². The minimum absolute atomic E-state index is 0.0752. The molecule has 0 spiro atoms. The number of carbonyl (C=O) groups excluding carboxylic acids is 1. The van der Waals surface area contributed by atoms with E-state index in [1.807, 2.05) is 17.0 Å². The average Bonchev–Trinajstić information content (AvgIpc) is 3.02. The maximum atomic E-state index is 13.9. The SMILES string of the molecule is CC(=O)c1c(F)cccc1N1CC[C@@H](OCc2ccncc2)C1. The Morgan fingerprint density at radius 2 is 2.13 bits per heavy atom. The van der Waals surface area contributed by atoms with E-state index in [0.29, 0.717) is 18.8 Å². The van der Waals surface area contributed by atoms with E-state index in [9.17, 15) is 9.18 Å². The van der Waals surface area contributed by atoms with Crippen molar-refractivity contribution in [2.24, 2.45) is 0 Å². The number of benzene rings is 1. The minimum atomic E-state index is -0.462. The first-order chi connectivity index (χ1) is 11.1. The van der Waals surface area contributed by atoms with E-state index < -0.39 is 5.82 Å². The molecule has 1 aliphatic heterocycles. The molecule has 4 nitrogen and oxygen atoms in total. The zero-order chi connectivity index (χ0) is 16.2. The smallest absolute Gasteiger partial charge is 0.164 e. The molecule has 1 saturated heterocycles. The van der Waals surface area contributed by atoms with E-state index in [1.54, 1.807) is 24.5 Å². The van der Waals surface area contributed by atoms with Crippen LogP contribution in [0.5, 0.6) is 0 Å². The number of rotatable bonds is 5. The van der Waals surface area contributed by atoms with Crippen LogP contribution in [0.4, 0.5) is 10.1 Å². The monoisotopic (exact) mass is 314 g/mol. The van der Waals surface area contributed by atoms with Crippen LogP contribution in [0, 0.1) is 5.82 Å². The fourth-order valence-corrected chi connectivity index (χ4v) is 2.90. The number of nitrogens with zero attached hydrogens (tertiary/aromatic N) is 2. The van der Waals surface area contributed by atoms with Gasteiger partial charge in [0.1, 0.15) is 5.82 Å². The maximum Gasteiger partial charge on any atom is 0.164 e. The van der Waals surface area contributed by atoms with Crippen LogP contribution in [0.3, 0.4) is 0 Å². The van der Waals surface area contributed by atoms with Crippen LogP contribution in [0.2, 0.25) is 0 Å². The fraction of sp³-hybridized carbons (Fsp3) is 0.333. The number of Topliss-reactive ketones (excluding diaryl/α,β-unsaturated/α-hetero) is 1. The Hall–Kier alpha value is -2.27. The Morgan fingerprint density at radius 3 is 2.87 bits per heavy atom. The molecular formula is C18H19FN2O2. The van der Waals surface area contributed by atoms with Crippen LogP contribution in [-0.2, 0) is 11.3 Å². The number of hydrogen-bond acceptors (Lipinski definition) is 4. The summed E-state index contributed by atoms with van der Waals surface area (Å²) >= 11 is 0. The lowest BCUT2D eigenvalue weighted by Gasteiger charge is -2.21. The largest absolute Gasteiger partial charge is 0.372 e. The number of pyridine rings is 1. The molecule has 0 radical (unpaired) electrons. The van der Waals surface area contributed by atoms with Gasteiger partial charge in [0.25, 0.3) is 0 Å². The Kier molecular flexibility index (Phi) is 4.67.